The number of hydrogen-bond acceptors (Lipinski definition) is 9. The van der Waals surface area contributed by atoms with Gasteiger partial charge in [-0.2, -0.15) is 5.10 Å². The number of para-hydroxylation sites is 2. The first-order valence-corrected chi connectivity index (χ1v) is 15.3. The van der Waals surface area contributed by atoms with Gasteiger partial charge in [0.05, 0.1) is 36.8 Å². The second kappa shape index (κ2) is 15.3. The maximum atomic E-state index is 12.7. The van der Waals surface area contributed by atoms with Crippen LogP contribution in [0.1, 0.15) is 15.9 Å². The van der Waals surface area contributed by atoms with Crippen LogP contribution in [-0.2, 0) is 4.79 Å². The zero-order valence-corrected chi connectivity index (χ0v) is 26.9. The molecule has 10 nitrogen and oxygen atoms in total. The van der Waals surface area contributed by atoms with Gasteiger partial charge < -0.3 is 24.8 Å². The Morgan fingerprint density at radius 2 is 1.67 bits per heavy atom. The van der Waals surface area contributed by atoms with Crippen molar-refractivity contribution in [2.45, 2.75) is 0 Å². The SMILES string of the molecule is COc1ccccc1NC(=O)COc1c(Cl)cc(/C=N\NC(=O)c2ccc(-c3csc(Nc4ccc(Cl)cc4)n3)cc2)cc1OC. The Kier molecular flexibility index (Phi) is 10.7. The van der Waals surface area contributed by atoms with Crippen LogP contribution in [0.4, 0.5) is 16.5 Å². The van der Waals surface area contributed by atoms with Gasteiger partial charge in [-0.25, -0.2) is 10.4 Å². The number of anilines is 3. The number of carbonyl (C=O) groups is 2. The van der Waals surface area contributed by atoms with Gasteiger partial charge in [0.1, 0.15) is 5.75 Å². The zero-order valence-electron chi connectivity index (χ0n) is 24.5. The molecule has 0 aliphatic heterocycles. The summed E-state index contributed by atoms with van der Waals surface area (Å²) < 4.78 is 16.3. The molecule has 0 atom stereocenters. The van der Waals surface area contributed by atoms with E-state index in [0.717, 1.165) is 22.1 Å². The number of benzene rings is 4. The predicted octanol–water partition coefficient (Wildman–Crippen LogP) is 7.66. The highest BCUT2D eigenvalue weighted by Gasteiger charge is 2.15. The van der Waals surface area contributed by atoms with E-state index in [-0.39, 0.29) is 23.1 Å². The molecule has 0 aliphatic carbocycles. The fraction of sp³-hybridized carbons (Fsp3) is 0.0909. The molecule has 13 heteroatoms. The highest BCUT2D eigenvalue weighted by atomic mass is 35.5. The minimum Gasteiger partial charge on any atom is -0.495 e. The molecule has 0 radical (unpaired) electrons. The molecule has 4 aromatic carbocycles. The van der Waals surface area contributed by atoms with Crippen molar-refractivity contribution in [2.24, 2.45) is 5.10 Å². The summed E-state index contributed by atoms with van der Waals surface area (Å²) in [6.45, 7) is -0.319. The van der Waals surface area contributed by atoms with E-state index >= 15 is 0 Å². The van der Waals surface area contributed by atoms with Gasteiger partial charge in [0, 0.05) is 27.2 Å². The highest BCUT2D eigenvalue weighted by Crippen LogP contribution is 2.36. The number of halogens is 2. The quantitative estimate of drug-likeness (QED) is 0.0916. The molecule has 1 aromatic heterocycles. The van der Waals surface area contributed by atoms with E-state index in [2.05, 4.69) is 26.1 Å². The molecule has 0 aliphatic rings. The fourth-order valence-electron chi connectivity index (χ4n) is 4.17. The summed E-state index contributed by atoms with van der Waals surface area (Å²) in [6.07, 6.45) is 1.42. The Balaban J connectivity index is 1.16. The van der Waals surface area contributed by atoms with Crippen molar-refractivity contribution in [1.82, 2.24) is 10.4 Å². The molecule has 5 aromatic rings. The van der Waals surface area contributed by atoms with Gasteiger partial charge in [-0.15, -0.1) is 11.3 Å². The lowest BCUT2D eigenvalue weighted by Crippen LogP contribution is -2.20. The number of rotatable bonds is 12. The molecule has 1 heterocycles. The van der Waals surface area contributed by atoms with E-state index in [0.29, 0.717) is 27.6 Å². The molecule has 5 rings (SSSR count). The molecule has 0 spiro atoms. The summed E-state index contributed by atoms with van der Waals surface area (Å²) in [4.78, 5) is 29.8. The minimum atomic E-state index is -0.411. The van der Waals surface area contributed by atoms with Crippen LogP contribution < -0.4 is 30.3 Å². The Morgan fingerprint density at radius 3 is 2.41 bits per heavy atom. The molecular weight excluding hydrogens is 649 g/mol. The molecule has 3 N–H and O–H groups in total. The first kappa shape index (κ1) is 32.3. The number of hydrazone groups is 1. The van der Waals surface area contributed by atoms with Gasteiger partial charge >= 0.3 is 0 Å². The highest BCUT2D eigenvalue weighted by molar-refractivity contribution is 7.14. The van der Waals surface area contributed by atoms with Gasteiger partial charge in [-0.3, -0.25) is 9.59 Å². The number of nitrogens with one attached hydrogen (secondary N) is 3. The number of methoxy groups -OCH3 is 2. The van der Waals surface area contributed by atoms with Crippen LogP contribution in [-0.4, -0.2) is 43.8 Å². The summed E-state index contributed by atoms with van der Waals surface area (Å²) >= 11 is 13.9. The largest absolute Gasteiger partial charge is 0.495 e. The van der Waals surface area contributed by atoms with Crippen LogP contribution in [0.3, 0.4) is 0 Å². The average Bonchev–Trinajstić information content (AvgIpc) is 3.53. The third kappa shape index (κ3) is 8.33. The maximum Gasteiger partial charge on any atom is 0.271 e. The van der Waals surface area contributed by atoms with Gasteiger partial charge in [0.2, 0.25) is 0 Å². The summed E-state index contributed by atoms with van der Waals surface area (Å²) in [6, 6.07) is 24.6. The monoisotopic (exact) mass is 675 g/mol. The van der Waals surface area contributed by atoms with Crippen molar-refractivity contribution >= 4 is 69.1 Å². The maximum absolute atomic E-state index is 12.7. The van der Waals surface area contributed by atoms with Crippen LogP contribution >= 0.6 is 34.5 Å². The standard InChI is InChI=1S/C33H27Cl2N5O5S/c1-43-28-6-4-3-5-26(28)38-30(41)18-45-31-25(35)15-20(16-29(31)44-2)17-36-40-32(42)22-9-7-21(8-10-22)27-19-46-33(39-27)37-24-13-11-23(34)12-14-24/h3-17,19H,18H2,1-2H3,(H,37,39)(H,38,41)(H,40,42)/b36-17-. The van der Waals surface area contributed by atoms with Crippen LogP contribution in [0.5, 0.6) is 17.2 Å². The smallest absolute Gasteiger partial charge is 0.271 e. The van der Waals surface area contributed by atoms with E-state index in [9.17, 15) is 9.59 Å². The normalized spacial score (nSPS) is 10.8. The summed E-state index contributed by atoms with van der Waals surface area (Å²) in [5.41, 5.74) is 6.50. The topological polar surface area (TPSA) is 123 Å². The number of ether oxygens (including phenoxy) is 3. The third-order valence-electron chi connectivity index (χ3n) is 6.40. The Bertz CT molecular complexity index is 1860. The number of nitrogens with zero attached hydrogens (tertiary/aromatic N) is 2. The third-order valence-corrected chi connectivity index (χ3v) is 7.69. The van der Waals surface area contributed by atoms with Crippen molar-refractivity contribution in [3.8, 4) is 28.5 Å². The van der Waals surface area contributed by atoms with Crippen molar-refractivity contribution in [3.63, 3.8) is 0 Å². The molecule has 0 saturated carbocycles. The van der Waals surface area contributed by atoms with Crippen LogP contribution in [0.15, 0.2) is 95.4 Å². The average molecular weight is 677 g/mol. The first-order chi connectivity index (χ1) is 22.3. The Morgan fingerprint density at radius 1 is 0.935 bits per heavy atom. The number of aromatic nitrogens is 1. The number of carbonyl (C=O) groups excluding carboxylic acids is 2. The van der Waals surface area contributed by atoms with Gasteiger partial charge in [-0.05, 0) is 66.2 Å². The van der Waals surface area contributed by atoms with Crippen LogP contribution in [0, 0.1) is 0 Å². The number of hydrogen-bond donors (Lipinski definition) is 3. The van der Waals surface area contributed by atoms with Crippen molar-refractivity contribution in [3.05, 3.63) is 111 Å². The number of thiazole rings is 1. The van der Waals surface area contributed by atoms with E-state index in [1.807, 2.05) is 29.6 Å². The van der Waals surface area contributed by atoms with Gasteiger partial charge in [0.15, 0.2) is 23.2 Å². The lowest BCUT2D eigenvalue weighted by atomic mass is 10.1. The van der Waals surface area contributed by atoms with Crippen LogP contribution in [0.2, 0.25) is 10.0 Å². The van der Waals surface area contributed by atoms with Crippen molar-refractivity contribution in [1.29, 1.82) is 0 Å². The minimum absolute atomic E-state index is 0.189. The molecule has 0 fully saturated rings. The van der Waals surface area contributed by atoms with E-state index in [1.165, 1.54) is 31.8 Å². The summed E-state index contributed by atoms with van der Waals surface area (Å²) in [5, 5.41) is 13.6. The molecule has 0 saturated heterocycles. The lowest BCUT2D eigenvalue weighted by Gasteiger charge is -2.14. The summed E-state index contributed by atoms with van der Waals surface area (Å²) in [5.74, 6) is 0.188. The summed E-state index contributed by atoms with van der Waals surface area (Å²) in [7, 11) is 2.96. The molecule has 234 valence electrons. The van der Waals surface area contributed by atoms with Crippen molar-refractivity contribution < 1.29 is 23.8 Å². The number of amides is 2. The second-order valence-electron chi connectivity index (χ2n) is 9.52. The van der Waals surface area contributed by atoms with E-state index in [1.54, 1.807) is 60.7 Å². The fourth-order valence-corrected chi connectivity index (χ4v) is 5.31. The van der Waals surface area contributed by atoms with Crippen molar-refractivity contribution in [2.75, 3.05) is 31.5 Å². The molecule has 46 heavy (non-hydrogen) atoms. The Hall–Kier alpha value is -5.10. The zero-order chi connectivity index (χ0) is 32.5. The van der Waals surface area contributed by atoms with Gasteiger partial charge in [0.25, 0.3) is 11.8 Å². The Labute approximate surface area is 278 Å². The molecular formula is C33H27Cl2N5O5S. The predicted molar refractivity (Wildman–Crippen MR) is 182 cm³/mol. The molecule has 0 unspecified atom stereocenters. The first-order valence-electron chi connectivity index (χ1n) is 13.7. The van der Waals surface area contributed by atoms with Gasteiger partial charge in [-0.1, -0.05) is 47.5 Å². The van der Waals surface area contributed by atoms with Crippen LogP contribution in [0.25, 0.3) is 11.3 Å². The van der Waals surface area contributed by atoms with E-state index in [4.69, 9.17) is 37.4 Å². The molecule has 0 bridgehead atoms. The van der Waals surface area contributed by atoms with E-state index < -0.39 is 11.8 Å². The lowest BCUT2D eigenvalue weighted by molar-refractivity contribution is -0.118. The molecule has 2 amide bonds. The second-order valence-corrected chi connectivity index (χ2v) is 11.2.